The van der Waals surface area contributed by atoms with Gasteiger partial charge in [-0.05, 0) is 5.75 Å². The van der Waals surface area contributed by atoms with Crippen molar-refractivity contribution >= 4 is 17.4 Å². The molecule has 0 bridgehead atoms. The highest BCUT2D eigenvalue weighted by atomic mass is 32.2. The minimum Gasteiger partial charge on any atom is -0.384 e. The van der Waals surface area contributed by atoms with Crippen molar-refractivity contribution in [2.24, 2.45) is 12.8 Å². The molecule has 1 atom stereocenters. The summed E-state index contributed by atoms with van der Waals surface area (Å²) in [6, 6.07) is 0.858. The predicted octanol–water partition coefficient (Wildman–Crippen LogP) is 2.41. The van der Waals surface area contributed by atoms with Gasteiger partial charge in [-0.1, -0.05) is 6.92 Å². The molecule has 2 N–H and O–H groups in total. The van der Waals surface area contributed by atoms with Gasteiger partial charge in [-0.3, -0.25) is 9.69 Å². The maximum absolute atomic E-state index is 13.0. The number of nitrogens with zero attached hydrogens (tertiary/aromatic N) is 5. The third-order valence-corrected chi connectivity index (χ3v) is 5.27. The number of aryl methyl sites for hydroxylation is 1. The highest BCUT2D eigenvalue weighted by molar-refractivity contribution is 8.03. The Balaban J connectivity index is 2.07. The molecule has 0 aliphatic carbocycles. The highest BCUT2D eigenvalue weighted by Crippen LogP contribution is 2.42. The van der Waals surface area contributed by atoms with Crippen LogP contribution in [0.5, 0.6) is 0 Å². The lowest BCUT2D eigenvalue weighted by Crippen LogP contribution is -2.34. The number of fused-ring (bicyclic) bond motifs is 1. The maximum Gasteiger partial charge on any atom is 0.433 e. The van der Waals surface area contributed by atoms with Crippen molar-refractivity contribution in [1.82, 2.24) is 24.2 Å². The monoisotopic (exact) mass is 360 g/mol. The predicted molar refractivity (Wildman–Crippen MR) is 86.8 cm³/mol. The molecule has 0 saturated carbocycles. The number of likely N-dealkylation sites (N-methyl/N-ethyl adjacent to an activating group) is 1. The Bertz CT molecular complexity index is 805. The van der Waals surface area contributed by atoms with Crippen molar-refractivity contribution < 1.29 is 13.2 Å². The molecule has 0 spiro atoms. The van der Waals surface area contributed by atoms with E-state index in [1.54, 1.807) is 18.0 Å². The van der Waals surface area contributed by atoms with Crippen molar-refractivity contribution in [2.45, 2.75) is 19.1 Å². The molecule has 24 heavy (non-hydrogen) atoms. The second-order valence-corrected chi connectivity index (χ2v) is 6.91. The zero-order chi connectivity index (χ0) is 17.8. The van der Waals surface area contributed by atoms with Crippen LogP contribution in [0.4, 0.5) is 13.2 Å². The lowest BCUT2D eigenvalue weighted by molar-refractivity contribution is -0.143. The summed E-state index contributed by atoms with van der Waals surface area (Å²) >= 11 is 1.62. The van der Waals surface area contributed by atoms with Crippen molar-refractivity contribution in [1.29, 1.82) is 0 Å². The zero-order valence-corrected chi connectivity index (χ0v) is 14.6. The van der Waals surface area contributed by atoms with Gasteiger partial charge in [-0.25, -0.2) is 14.5 Å². The highest BCUT2D eigenvalue weighted by Gasteiger charge is 2.38. The molecule has 0 saturated heterocycles. The van der Waals surface area contributed by atoms with Gasteiger partial charge >= 0.3 is 6.18 Å². The molecule has 0 aromatic carbocycles. The largest absolute Gasteiger partial charge is 0.433 e. The Kier molecular flexibility index (Phi) is 3.99. The Morgan fingerprint density at radius 2 is 1.96 bits per heavy atom. The first-order valence-corrected chi connectivity index (χ1v) is 8.36. The van der Waals surface area contributed by atoms with Crippen LogP contribution in [0.15, 0.2) is 23.0 Å². The molecule has 132 valence electrons. The van der Waals surface area contributed by atoms with Gasteiger partial charge in [0.1, 0.15) is 17.6 Å². The fraction of sp³-hybridized carbons (Fsp3) is 0.500. The van der Waals surface area contributed by atoms with Gasteiger partial charge in [-0.2, -0.15) is 13.2 Å². The van der Waals surface area contributed by atoms with Gasteiger partial charge in [0.2, 0.25) is 0 Å². The number of nitrogens with two attached hydrogens (primary N) is 1. The summed E-state index contributed by atoms with van der Waals surface area (Å²) in [6.45, 7) is 2.03. The van der Waals surface area contributed by atoms with Crippen LogP contribution in [0, 0.1) is 0 Å². The van der Waals surface area contributed by atoms with Crippen LogP contribution in [-0.4, -0.2) is 44.0 Å². The number of rotatable bonds is 3. The number of thioether (sulfide) groups is 1. The average molecular weight is 360 g/mol. The van der Waals surface area contributed by atoms with E-state index in [-0.39, 0.29) is 11.7 Å². The lowest BCUT2D eigenvalue weighted by Gasteiger charge is -2.26. The summed E-state index contributed by atoms with van der Waals surface area (Å²) < 4.78 is 41.4. The first-order valence-electron chi connectivity index (χ1n) is 7.37. The minimum atomic E-state index is -4.41. The molecule has 6 nitrogen and oxygen atoms in total. The molecule has 2 aromatic rings. The van der Waals surface area contributed by atoms with E-state index < -0.39 is 11.9 Å². The zero-order valence-electron chi connectivity index (χ0n) is 13.8. The molecule has 3 heterocycles. The van der Waals surface area contributed by atoms with E-state index in [1.165, 1.54) is 11.6 Å². The van der Waals surface area contributed by atoms with E-state index in [0.717, 1.165) is 21.4 Å². The third-order valence-electron chi connectivity index (χ3n) is 4.24. The van der Waals surface area contributed by atoms with Gasteiger partial charge in [0, 0.05) is 27.2 Å². The molecule has 0 radical (unpaired) electrons. The van der Waals surface area contributed by atoms with Gasteiger partial charge in [-0.15, -0.1) is 11.8 Å². The van der Waals surface area contributed by atoms with Gasteiger partial charge in [0.25, 0.3) is 0 Å². The summed E-state index contributed by atoms with van der Waals surface area (Å²) in [6.07, 6.45) is -2.78. The molecule has 10 heteroatoms. The number of imidazole rings is 1. The number of hydrazine groups is 1. The molecular weight excluding hydrogens is 341 g/mol. The number of alkyl halides is 3. The fourth-order valence-corrected chi connectivity index (χ4v) is 3.94. The van der Waals surface area contributed by atoms with Crippen molar-refractivity contribution in [3.63, 3.8) is 0 Å². The molecule has 2 aromatic heterocycles. The van der Waals surface area contributed by atoms with Crippen LogP contribution in [0.1, 0.15) is 24.4 Å². The Morgan fingerprint density at radius 1 is 1.29 bits per heavy atom. The minimum absolute atomic E-state index is 0.200. The topological polar surface area (TPSA) is 54.7 Å². The van der Waals surface area contributed by atoms with Crippen molar-refractivity contribution in [3.8, 4) is 0 Å². The van der Waals surface area contributed by atoms with Crippen LogP contribution in [0.3, 0.4) is 0 Å². The van der Waals surface area contributed by atoms with E-state index in [2.05, 4.69) is 4.98 Å². The van der Waals surface area contributed by atoms with Gasteiger partial charge in [0.05, 0.1) is 16.8 Å². The normalized spacial score (nSPS) is 20.0. The van der Waals surface area contributed by atoms with Crippen LogP contribution in [-0.2, 0) is 13.2 Å². The van der Waals surface area contributed by atoms with Crippen LogP contribution in [0.2, 0.25) is 0 Å². The number of halogens is 3. The number of hydrogen-bond acceptors (Lipinski definition) is 5. The Hall–Kier alpha value is -1.81. The van der Waals surface area contributed by atoms with Crippen LogP contribution >= 0.6 is 11.8 Å². The summed E-state index contributed by atoms with van der Waals surface area (Å²) in [5.41, 5.74) is 6.36. The van der Waals surface area contributed by atoms with Gasteiger partial charge < -0.3 is 5.73 Å². The van der Waals surface area contributed by atoms with E-state index in [4.69, 9.17) is 5.73 Å². The quantitative estimate of drug-likeness (QED) is 0.911. The molecule has 0 amide bonds. The second kappa shape index (κ2) is 5.62. The maximum atomic E-state index is 13.0. The first kappa shape index (κ1) is 17.0. The molecule has 0 fully saturated rings. The lowest BCUT2D eigenvalue weighted by atomic mass is 10.2. The molecule has 3 rings (SSSR count). The average Bonchev–Trinajstić information content (AvgIpc) is 3.09. The van der Waals surface area contributed by atoms with E-state index >= 15 is 0 Å². The van der Waals surface area contributed by atoms with Crippen LogP contribution < -0.4 is 5.73 Å². The number of aromatic nitrogens is 3. The van der Waals surface area contributed by atoms with Crippen molar-refractivity contribution in [3.05, 3.63) is 34.4 Å². The summed E-state index contributed by atoms with van der Waals surface area (Å²) in [5.74, 6) is 1.49. The Morgan fingerprint density at radius 3 is 2.50 bits per heavy atom. The smallest absolute Gasteiger partial charge is 0.384 e. The first-order chi connectivity index (χ1) is 11.2. The third kappa shape index (κ3) is 2.44. The summed E-state index contributed by atoms with van der Waals surface area (Å²) in [5, 5.41) is 3.76. The number of hydrogen-bond donors (Lipinski definition) is 1. The molecule has 1 aliphatic heterocycles. The summed E-state index contributed by atoms with van der Waals surface area (Å²) in [4.78, 5) is 5.37. The molecule has 1 aliphatic rings. The fourth-order valence-electron chi connectivity index (χ4n) is 2.92. The Labute approximate surface area is 141 Å². The van der Waals surface area contributed by atoms with Crippen molar-refractivity contribution in [2.75, 3.05) is 19.8 Å². The van der Waals surface area contributed by atoms with Gasteiger partial charge in [0.15, 0.2) is 5.65 Å². The SMILES string of the molecule is CCSC1=C(N)N(C)N(C)C1c1cn2c(cc(C(F)(F)F)n2C)n1. The second-order valence-electron chi connectivity index (χ2n) is 5.60. The molecular formula is C14H19F3N6S. The van der Waals surface area contributed by atoms with E-state index in [1.807, 2.05) is 31.0 Å². The van der Waals surface area contributed by atoms with E-state index in [0.29, 0.717) is 11.5 Å². The summed E-state index contributed by atoms with van der Waals surface area (Å²) in [7, 11) is 5.10. The molecule has 1 unspecified atom stereocenters. The standard InChI is InChI=1S/C14H19F3N6S/c1-5-24-12-11(21(3)22(4)13(12)18)8-7-23-10(19-8)6-9(20(23)2)14(15,16)17/h6-7,11H,5,18H2,1-4H3. The van der Waals surface area contributed by atoms with E-state index in [9.17, 15) is 13.2 Å². The van der Waals surface area contributed by atoms with Crippen LogP contribution in [0.25, 0.3) is 5.65 Å².